The summed E-state index contributed by atoms with van der Waals surface area (Å²) in [5.41, 5.74) is 0.411. The summed E-state index contributed by atoms with van der Waals surface area (Å²) >= 11 is 0. The summed E-state index contributed by atoms with van der Waals surface area (Å²) in [6, 6.07) is 9.71. The first-order chi connectivity index (χ1) is 7.79. The molecule has 1 aromatic carbocycles. The maximum absolute atomic E-state index is 9.38. The van der Waals surface area contributed by atoms with Crippen LogP contribution in [0, 0.1) is 0 Å². The SMILES string of the molecule is C=CCC1(CO)COC(c2ccccc2)=N1. The van der Waals surface area contributed by atoms with Crippen molar-refractivity contribution in [3.63, 3.8) is 0 Å². The molecule has 0 bridgehead atoms. The fraction of sp³-hybridized carbons (Fsp3) is 0.308. The number of aliphatic hydroxyl groups is 1. The number of benzene rings is 1. The van der Waals surface area contributed by atoms with Gasteiger partial charge in [-0.05, 0) is 18.6 Å². The number of aliphatic imine (C=N–C) groups is 1. The van der Waals surface area contributed by atoms with Crippen molar-refractivity contribution in [1.29, 1.82) is 0 Å². The Morgan fingerprint density at radius 2 is 2.19 bits per heavy atom. The molecule has 0 saturated heterocycles. The summed E-state index contributed by atoms with van der Waals surface area (Å²) in [7, 11) is 0. The molecular weight excluding hydrogens is 202 g/mol. The van der Waals surface area contributed by atoms with E-state index >= 15 is 0 Å². The van der Waals surface area contributed by atoms with Crippen molar-refractivity contribution in [3.8, 4) is 0 Å². The highest BCUT2D eigenvalue weighted by molar-refractivity contribution is 5.95. The van der Waals surface area contributed by atoms with Gasteiger partial charge in [-0.15, -0.1) is 6.58 Å². The summed E-state index contributed by atoms with van der Waals surface area (Å²) in [5, 5.41) is 9.38. The third-order valence-electron chi connectivity index (χ3n) is 2.66. The maximum Gasteiger partial charge on any atom is 0.216 e. The van der Waals surface area contributed by atoms with Gasteiger partial charge in [0.15, 0.2) is 0 Å². The van der Waals surface area contributed by atoms with E-state index in [0.29, 0.717) is 18.9 Å². The fourth-order valence-corrected chi connectivity index (χ4v) is 1.73. The first-order valence-corrected chi connectivity index (χ1v) is 5.29. The van der Waals surface area contributed by atoms with Crippen LogP contribution in [-0.4, -0.2) is 29.8 Å². The molecule has 1 unspecified atom stereocenters. The Hall–Kier alpha value is -1.61. The molecule has 3 nitrogen and oxygen atoms in total. The van der Waals surface area contributed by atoms with Crippen LogP contribution in [0.4, 0.5) is 0 Å². The molecule has 0 fully saturated rings. The second kappa shape index (κ2) is 4.49. The maximum atomic E-state index is 9.38. The Kier molecular flexibility index (Phi) is 3.06. The van der Waals surface area contributed by atoms with E-state index in [4.69, 9.17) is 4.74 Å². The number of aliphatic hydroxyl groups excluding tert-OH is 1. The van der Waals surface area contributed by atoms with Crippen molar-refractivity contribution >= 4 is 5.90 Å². The monoisotopic (exact) mass is 217 g/mol. The summed E-state index contributed by atoms with van der Waals surface area (Å²) in [6.45, 7) is 4.08. The van der Waals surface area contributed by atoms with Crippen LogP contribution in [0.25, 0.3) is 0 Å². The fourth-order valence-electron chi connectivity index (χ4n) is 1.73. The molecule has 84 valence electrons. The molecule has 1 atom stereocenters. The number of rotatable bonds is 4. The summed E-state index contributed by atoms with van der Waals surface area (Å²) < 4.78 is 5.54. The highest BCUT2D eigenvalue weighted by atomic mass is 16.5. The third kappa shape index (κ3) is 1.99. The standard InChI is InChI=1S/C13H15NO2/c1-2-8-13(9-15)10-16-12(14-13)11-6-4-3-5-7-11/h2-7,15H,1,8-10H2. The largest absolute Gasteiger partial charge is 0.475 e. The van der Waals surface area contributed by atoms with E-state index in [1.54, 1.807) is 6.08 Å². The zero-order chi connectivity index (χ0) is 11.4. The molecule has 0 aliphatic carbocycles. The Morgan fingerprint density at radius 3 is 2.81 bits per heavy atom. The molecule has 3 heteroatoms. The van der Waals surface area contributed by atoms with Crippen LogP contribution < -0.4 is 0 Å². The molecule has 0 radical (unpaired) electrons. The van der Waals surface area contributed by atoms with Crippen molar-refractivity contribution in [2.75, 3.05) is 13.2 Å². The van der Waals surface area contributed by atoms with Gasteiger partial charge in [0.05, 0.1) is 6.61 Å². The van der Waals surface area contributed by atoms with Crippen LogP contribution >= 0.6 is 0 Å². The number of ether oxygens (including phenoxy) is 1. The number of hydrogen-bond donors (Lipinski definition) is 1. The minimum atomic E-state index is -0.535. The molecule has 0 amide bonds. The predicted molar refractivity (Wildman–Crippen MR) is 63.6 cm³/mol. The second-order valence-electron chi connectivity index (χ2n) is 3.95. The van der Waals surface area contributed by atoms with E-state index in [2.05, 4.69) is 11.6 Å². The van der Waals surface area contributed by atoms with Crippen molar-refractivity contribution < 1.29 is 9.84 Å². The van der Waals surface area contributed by atoms with E-state index in [1.807, 2.05) is 30.3 Å². The quantitative estimate of drug-likeness (QED) is 0.781. The van der Waals surface area contributed by atoms with E-state index in [0.717, 1.165) is 5.56 Å². The molecule has 1 heterocycles. The molecular formula is C13H15NO2. The zero-order valence-corrected chi connectivity index (χ0v) is 9.10. The van der Waals surface area contributed by atoms with Crippen molar-refractivity contribution in [1.82, 2.24) is 0 Å². The highest BCUT2D eigenvalue weighted by Gasteiger charge is 2.35. The smallest absolute Gasteiger partial charge is 0.216 e. The van der Waals surface area contributed by atoms with Crippen molar-refractivity contribution in [2.24, 2.45) is 4.99 Å². The molecule has 0 saturated carbocycles. The van der Waals surface area contributed by atoms with Gasteiger partial charge in [0.1, 0.15) is 12.1 Å². The van der Waals surface area contributed by atoms with E-state index in [1.165, 1.54) is 0 Å². The van der Waals surface area contributed by atoms with Crippen LogP contribution in [0.3, 0.4) is 0 Å². The van der Waals surface area contributed by atoms with Crippen molar-refractivity contribution in [3.05, 3.63) is 48.6 Å². The number of nitrogens with zero attached hydrogens (tertiary/aromatic N) is 1. The molecule has 0 aromatic heterocycles. The zero-order valence-electron chi connectivity index (χ0n) is 9.10. The van der Waals surface area contributed by atoms with Gasteiger partial charge in [-0.1, -0.05) is 24.3 Å². The van der Waals surface area contributed by atoms with Gasteiger partial charge >= 0.3 is 0 Å². The van der Waals surface area contributed by atoms with E-state index in [9.17, 15) is 5.11 Å². The van der Waals surface area contributed by atoms with Gasteiger partial charge in [0.2, 0.25) is 5.90 Å². The average Bonchev–Trinajstić information content (AvgIpc) is 2.76. The Balaban J connectivity index is 2.26. The first kappa shape index (κ1) is 10.9. The topological polar surface area (TPSA) is 41.8 Å². The minimum absolute atomic E-state index is 0.0185. The van der Waals surface area contributed by atoms with Crippen molar-refractivity contribution in [2.45, 2.75) is 12.0 Å². The molecule has 1 aliphatic heterocycles. The molecule has 2 rings (SSSR count). The minimum Gasteiger partial charge on any atom is -0.475 e. The first-order valence-electron chi connectivity index (χ1n) is 5.29. The van der Waals surface area contributed by atoms with Gasteiger partial charge in [0, 0.05) is 5.56 Å². The lowest BCUT2D eigenvalue weighted by molar-refractivity contribution is 0.159. The predicted octanol–water partition coefficient (Wildman–Crippen LogP) is 1.77. The van der Waals surface area contributed by atoms with Gasteiger partial charge in [-0.2, -0.15) is 0 Å². The third-order valence-corrected chi connectivity index (χ3v) is 2.66. The molecule has 1 aromatic rings. The van der Waals surface area contributed by atoms with Gasteiger partial charge < -0.3 is 9.84 Å². The highest BCUT2D eigenvalue weighted by Crippen LogP contribution is 2.25. The van der Waals surface area contributed by atoms with Gasteiger partial charge in [0.25, 0.3) is 0 Å². The van der Waals surface area contributed by atoms with Crippen LogP contribution in [0.5, 0.6) is 0 Å². The Bertz CT molecular complexity index is 400. The molecule has 16 heavy (non-hydrogen) atoms. The Labute approximate surface area is 95.1 Å². The van der Waals surface area contributed by atoms with E-state index in [-0.39, 0.29) is 6.61 Å². The van der Waals surface area contributed by atoms with Crippen LogP contribution in [-0.2, 0) is 4.74 Å². The lowest BCUT2D eigenvalue weighted by Crippen LogP contribution is -2.32. The van der Waals surface area contributed by atoms with Crippen LogP contribution in [0.1, 0.15) is 12.0 Å². The Morgan fingerprint density at radius 1 is 1.44 bits per heavy atom. The van der Waals surface area contributed by atoms with Gasteiger partial charge in [-0.25, -0.2) is 4.99 Å². The van der Waals surface area contributed by atoms with E-state index < -0.39 is 5.54 Å². The molecule has 1 aliphatic rings. The summed E-state index contributed by atoms with van der Waals surface area (Å²) in [4.78, 5) is 4.47. The second-order valence-corrected chi connectivity index (χ2v) is 3.95. The summed E-state index contributed by atoms with van der Waals surface area (Å²) in [6.07, 6.45) is 2.39. The van der Waals surface area contributed by atoms with Gasteiger partial charge in [-0.3, -0.25) is 0 Å². The lowest BCUT2D eigenvalue weighted by Gasteiger charge is -2.18. The lowest BCUT2D eigenvalue weighted by atomic mass is 9.99. The van der Waals surface area contributed by atoms with Crippen LogP contribution in [0.2, 0.25) is 0 Å². The number of hydrogen-bond acceptors (Lipinski definition) is 3. The normalized spacial score (nSPS) is 23.7. The molecule has 0 spiro atoms. The summed E-state index contributed by atoms with van der Waals surface area (Å²) in [5.74, 6) is 0.608. The average molecular weight is 217 g/mol. The van der Waals surface area contributed by atoms with Crippen LogP contribution in [0.15, 0.2) is 48.0 Å². The molecule has 1 N–H and O–H groups in total.